The van der Waals surface area contributed by atoms with Crippen LogP contribution < -0.4 is 11.3 Å². The van der Waals surface area contributed by atoms with Gasteiger partial charge < -0.3 is 5.43 Å². The lowest BCUT2D eigenvalue weighted by Gasteiger charge is -2.09. The summed E-state index contributed by atoms with van der Waals surface area (Å²) >= 11 is 6.12. The molecule has 0 spiro atoms. The fraction of sp³-hybridized carbons (Fsp3) is 0.308. The molecule has 2 rings (SSSR count). The Labute approximate surface area is 117 Å². The first-order valence-corrected chi connectivity index (χ1v) is 6.43. The van der Waals surface area contributed by atoms with Crippen LogP contribution in [-0.4, -0.2) is 15.0 Å². The van der Waals surface area contributed by atoms with Crippen LogP contribution in [0, 0.1) is 5.92 Å². The van der Waals surface area contributed by atoms with Crippen molar-refractivity contribution in [1.29, 1.82) is 0 Å². The SMILES string of the molecule is CC(C)Cc1cc(NN)nc(-c2ncccc2Cl)n1. The smallest absolute Gasteiger partial charge is 0.182 e. The van der Waals surface area contributed by atoms with Crippen molar-refractivity contribution in [2.24, 2.45) is 11.8 Å². The van der Waals surface area contributed by atoms with Crippen molar-refractivity contribution in [3.8, 4) is 11.5 Å². The molecule has 2 heterocycles. The molecule has 0 aliphatic rings. The quantitative estimate of drug-likeness (QED) is 0.664. The number of hydrogen-bond acceptors (Lipinski definition) is 5. The summed E-state index contributed by atoms with van der Waals surface area (Å²) in [7, 11) is 0. The number of pyridine rings is 1. The Morgan fingerprint density at radius 2 is 2.16 bits per heavy atom. The van der Waals surface area contributed by atoms with Gasteiger partial charge >= 0.3 is 0 Å². The Morgan fingerprint density at radius 1 is 1.37 bits per heavy atom. The van der Waals surface area contributed by atoms with Crippen molar-refractivity contribution >= 4 is 17.4 Å². The van der Waals surface area contributed by atoms with Gasteiger partial charge in [0, 0.05) is 18.0 Å². The van der Waals surface area contributed by atoms with E-state index in [-0.39, 0.29) is 0 Å². The van der Waals surface area contributed by atoms with Crippen molar-refractivity contribution < 1.29 is 0 Å². The Hall–Kier alpha value is -1.72. The number of halogens is 1. The fourth-order valence-electron chi connectivity index (χ4n) is 1.75. The molecular weight excluding hydrogens is 262 g/mol. The predicted octanol–water partition coefficient (Wildman–Crippen LogP) is 2.68. The van der Waals surface area contributed by atoms with Crippen molar-refractivity contribution in [1.82, 2.24) is 15.0 Å². The number of nitrogens with one attached hydrogen (secondary N) is 1. The Balaban J connectivity index is 2.48. The minimum atomic E-state index is 0.483. The molecule has 100 valence electrons. The number of aromatic nitrogens is 3. The van der Waals surface area contributed by atoms with E-state index in [1.165, 1.54) is 0 Å². The number of anilines is 1. The monoisotopic (exact) mass is 277 g/mol. The number of hydrazine groups is 1. The largest absolute Gasteiger partial charge is 0.308 e. The molecule has 0 saturated heterocycles. The van der Waals surface area contributed by atoms with Crippen LogP contribution in [0.1, 0.15) is 19.5 Å². The number of nitrogens with two attached hydrogens (primary N) is 1. The predicted molar refractivity (Wildman–Crippen MR) is 76.6 cm³/mol. The molecule has 0 unspecified atom stereocenters. The van der Waals surface area contributed by atoms with Crippen molar-refractivity contribution in [3.63, 3.8) is 0 Å². The van der Waals surface area contributed by atoms with E-state index < -0.39 is 0 Å². The summed E-state index contributed by atoms with van der Waals surface area (Å²) in [6, 6.07) is 5.37. The summed E-state index contributed by atoms with van der Waals surface area (Å²) in [6.07, 6.45) is 2.50. The van der Waals surface area contributed by atoms with Crippen LogP contribution in [-0.2, 0) is 6.42 Å². The Bertz CT molecular complexity index is 571. The molecule has 0 aliphatic carbocycles. The lowest BCUT2D eigenvalue weighted by Crippen LogP contribution is -2.11. The summed E-state index contributed by atoms with van der Waals surface area (Å²) in [4.78, 5) is 13.0. The summed E-state index contributed by atoms with van der Waals surface area (Å²) in [5.41, 5.74) is 4.02. The van der Waals surface area contributed by atoms with Gasteiger partial charge in [-0.3, -0.25) is 4.98 Å². The lowest BCUT2D eigenvalue weighted by molar-refractivity contribution is 0.634. The maximum atomic E-state index is 6.12. The van der Waals surface area contributed by atoms with Gasteiger partial charge in [-0.25, -0.2) is 15.8 Å². The van der Waals surface area contributed by atoms with Gasteiger partial charge in [-0.05, 0) is 24.5 Å². The normalized spacial score (nSPS) is 10.8. The van der Waals surface area contributed by atoms with Gasteiger partial charge in [0.25, 0.3) is 0 Å². The molecule has 0 aromatic carbocycles. The van der Waals surface area contributed by atoms with Crippen LogP contribution in [0.3, 0.4) is 0 Å². The van der Waals surface area contributed by atoms with Crippen LogP contribution in [0.25, 0.3) is 11.5 Å². The van der Waals surface area contributed by atoms with Gasteiger partial charge in [-0.15, -0.1) is 0 Å². The second-order valence-corrected chi connectivity index (χ2v) is 5.05. The van der Waals surface area contributed by atoms with Gasteiger partial charge in [-0.2, -0.15) is 0 Å². The molecule has 2 aromatic rings. The van der Waals surface area contributed by atoms with E-state index in [1.54, 1.807) is 18.3 Å². The average Bonchev–Trinajstić information content (AvgIpc) is 2.38. The van der Waals surface area contributed by atoms with Crippen molar-refractivity contribution in [2.45, 2.75) is 20.3 Å². The molecule has 0 radical (unpaired) electrons. The van der Waals surface area contributed by atoms with Crippen LogP contribution >= 0.6 is 11.6 Å². The van der Waals surface area contributed by atoms with E-state index in [0.717, 1.165) is 12.1 Å². The highest BCUT2D eigenvalue weighted by molar-refractivity contribution is 6.32. The first-order valence-electron chi connectivity index (χ1n) is 6.05. The highest BCUT2D eigenvalue weighted by atomic mass is 35.5. The summed E-state index contributed by atoms with van der Waals surface area (Å²) in [5, 5.41) is 0.521. The zero-order valence-electron chi connectivity index (χ0n) is 10.9. The molecular formula is C13H16ClN5. The maximum absolute atomic E-state index is 6.12. The van der Waals surface area contributed by atoms with Crippen molar-refractivity contribution in [2.75, 3.05) is 5.43 Å². The van der Waals surface area contributed by atoms with Crippen LogP contribution in [0.4, 0.5) is 5.82 Å². The summed E-state index contributed by atoms with van der Waals surface area (Å²) in [5.74, 6) is 6.97. The first kappa shape index (κ1) is 13.7. The van der Waals surface area contributed by atoms with Gasteiger partial charge in [-0.1, -0.05) is 25.4 Å². The van der Waals surface area contributed by atoms with E-state index in [1.807, 2.05) is 6.07 Å². The third kappa shape index (κ3) is 3.39. The molecule has 0 atom stereocenters. The average molecular weight is 278 g/mol. The van der Waals surface area contributed by atoms with Crippen LogP contribution in [0.15, 0.2) is 24.4 Å². The molecule has 0 amide bonds. The molecule has 2 aromatic heterocycles. The van der Waals surface area contributed by atoms with E-state index in [0.29, 0.717) is 28.3 Å². The third-order valence-electron chi connectivity index (χ3n) is 2.51. The molecule has 0 fully saturated rings. The number of rotatable bonds is 4. The van der Waals surface area contributed by atoms with Crippen LogP contribution in [0.2, 0.25) is 5.02 Å². The van der Waals surface area contributed by atoms with Gasteiger partial charge in [0.15, 0.2) is 5.82 Å². The maximum Gasteiger partial charge on any atom is 0.182 e. The minimum absolute atomic E-state index is 0.483. The molecule has 19 heavy (non-hydrogen) atoms. The number of nitrogens with zero attached hydrogens (tertiary/aromatic N) is 3. The molecule has 6 heteroatoms. The lowest BCUT2D eigenvalue weighted by atomic mass is 10.1. The molecule has 5 nitrogen and oxygen atoms in total. The Kier molecular flexibility index (Phi) is 4.29. The van der Waals surface area contributed by atoms with E-state index >= 15 is 0 Å². The third-order valence-corrected chi connectivity index (χ3v) is 2.82. The Morgan fingerprint density at radius 3 is 2.79 bits per heavy atom. The summed E-state index contributed by atoms with van der Waals surface area (Å²) in [6.45, 7) is 4.26. The molecule has 3 N–H and O–H groups in total. The zero-order valence-corrected chi connectivity index (χ0v) is 11.6. The molecule has 0 aliphatic heterocycles. The summed E-state index contributed by atoms with van der Waals surface area (Å²) < 4.78 is 0. The van der Waals surface area contributed by atoms with Gasteiger partial charge in [0.05, 0.1) is 5.02 Å². The van der Waals surface area contributed by atoms with Crippen LogP contribution in [0.5, 0.6) is 0 Å². The topological polar surface area (TPSA) is 76.7 Å². The molecule has 0 saturated carbocycles. The van der Waals surface area contributed by atoms with E-state index in [9.17, 15) is 0 Å². The number of hydrogen-bond donors (Lipinski definition) is 2. The molecule has 0 bridgehead atoms. The number of nitrogen functional groups attached to an aromatic ring is 1. The van der Waals surface area contributed by atoms with E-state index in [4.69, 9.17) is 17.4 Å². The first-order chi connectivity index (χ1) is 9.10. The second kappa shape index (κ2) is 5.95. The second-order valence-electron chi connectivity index (χ2n) is 4.64. The fourth-order valence-corrected chi connectivity index (χ4v) is 1.96. The minimum Gasteiger partial charge on any atom is -0.308 e. The van der Waals surface area contributed by atoms with Gasteiger partial charge in [0.1, 0.15) is 11.5 Å². The highest BCUT2D eigenvalue weighted by Gasteiger charge is 2.11. The zero-order chi connectivity index (χ0) is 13.8. The highest BCUT2D eigenvalue weighted by Crippen LogP contribution is 2.24. The van der Waals surface area contributed by atoms with Crippen molar-refractivity contribution in [3.05, 3.63) is 35.1 Å². The standard InChI is InChI=1S/C13H16ClN5/c1-8(2)6-9-7-11(19-15)18-13(17-9)12-10(14)4-3-5-16-12/h3-5,7-8H,6,15H2,1-2H3,(H,17,18,19). The van der Waals surface area contributed by atoms with Gasteiger partial charge in [0.2, 0.25) is 0 Å². The van der Waals surface area contributed by atoms with E-state index in [2.05, 4.69) is 34.2 Å².